The molecule has 0 bridgehead atoms. The number of aryl methyl sites for hydroxylation is 1. The highest BCUT2D eigenvalue weighted by Gasteiger charge is 2.14. The summed E-state index contributed by atoms with van der Waals surface area (Å²) in [5.41, 5.74) is 0.920. The lowest BCUT2D eigenvalue weighted by Crippen LogP contribution is -2.42. The number of rotatable bonds is 6. The Morgan fingerprint density at radius 3 is 2.30 bits per heavy atom. The van der Waals surface area contributed by atoms with Crippen LogP contribution in [-0.4, -0.2) is 14.9 Å². The molecular formula is C23H18ClFN2O2S. The highest BCUT2D eigenvalue weighted by Crippen LogP contribution is 2.23. The fourth-order valence-electron chi connectivity index (χ4n) is 3.34. The summed E-state index contributed by atoms with van der Waals surface area (Å²) >= 11 is 7.49. The summed E-state index contributed by atoms with van der Waals surface area (Å²) < 4.78 is 16.8. The van der Waals surface area contributed by atoms with Gasteiger partial charge in [-0.25, -0.2) is 4.39 Å². The first-order chi connectivity index (χ1) is 14.5. The minimum atomic E-state index is -0.616. The van der Waals surface area contributed by atoms with Crippen molar-refractivity contribution in [3.63, 3.8) is 0 Å². The van der Waals surface area contributed by atoms with Crippen LogP contribution in [0.25, 0.3) is 11.0 Å². The average Bonchev–Trinajstić information content (AvgIpc) is 2.75. The van der Waals surface area contributed by atoms with E-state index in [1.165, 1.54) is 27.0 Å². The summed E-state index contributed by atoms with van der Waals surface area (Å²) in [4.78, 5) is 26.3. The first kappa shape index (κ1) is 20.4. The zero-order valence-corrected chi connectivity index (χ0v) is 17.5. The van der Waals surface area contributed by atoms with E-state index in [1.807, 2.05) is 30.3 Å². The molecule has 0 radical (unpaired) electrons. The van der Waals surface area contributed by atoms with E-state index >= 15 is 0 Å². The van der Waals surface area contributed by atoms with Crippen LogP contribution >= 0.6 is 23.4 Å². The van der Waals surface area contributed by atoms with Crippen molar-refractivity contribution < 1.29 is 4.39 Å². The lowest BCUT2D eigenvalue weighted by atomic mass is 10.2. The SMILES string of the molecule is O=c1c(=O)n(Cc2ccccc2)c2ccc(Cl)cc2n1CCSc1ccccc1F. The van der Waals surface area contributed by atoms with Gasteiger partial charge in [0, 0.05) is 22.2 Å². The van der Waals surface area contributed by atoms with Gasteiger partial charge in [-0.15, -0.1) is 11.8 Å². The molecule has 0 N–H and O–H groups in total. The van der Waals surface area contributed by atoms with E-state index in [1.54, 1.807) is 36.4 Å². The molecule has 152 valence electrons. The zero-order valence-electron chi connectivity index (χ0n) is 15.9. The molecule has 0 fully saturated rings. The molecular weight excluding hydrogens is 423 g/mol. The maximum atomic E-state index is 13.9. The van der Waals surface area contributed by atoms with Crippen molar-refractivity contribution in [2.75, 3.05) is 5.75 Å². The molecule has 0 aliphatic heterocycles. The quantitative estimate of drug-likeness (QED) is 0.319. The normalized spacial score (nSPS) is 11.1. The van der Waals surface area contributed by atoms with Crippen molar-refractivity contribution in [2.24, 2.45) is 0 Å². The standard InChI is InChI=1S/C23H18ClFN2O2S/c24-17-10-11-19-20(14-17)26(12-13-30-21-9-5-4-8-18(21)25)22(28)23(29)27(19)15-16-6-2-1-3-7-16/h1-11,14H,12-13,15H2. The van der Waals surface area contributed by atoms with Crippen molar-refractivity contribution in [2.45, 2.75) is 18.0 Å². The van der Waals surface area contributed by atoms with E-state index in [4.69, 9.17) is 11.6 Å². The van der Waals surface area contributed by atoms with Crippen molar-refractivity contribution >= 4 is 34.4 Å². The second-order valence-corrected chi connectivity index (χ2v) is 8.32. The summed E-state index contributed by atoms with van der Waals surface area (Å²) in [7, 11) is 0. The van der Waals surface area contributed by atoms with Crippen molar-refractivity contribution in [1.29, 1.82) is 0 Å². The van der Waals surface area contributed by atoms with Gasteiger partial charge in [0.05, 0.1) is 17.6 Å². The van der Waals surface area contributed by atoms with Crippen molar-refractivity contribution in [3.05, 3.63) is 110 Å². The molecule has 1 aromatic heterocycles. The lowest BCUT2D eigenvalue weighted by molar-refractivity contribution is 0.601. The van der Waals surface area contributed by atoms with Gasteiger partial charge in [0.2, 0.25) is 0 Å². The van der Waals surface area contributed by atoms with Gasteiger partial charge in [0.15, 0.2) is 0 Å². The second kappa shape index (κ2) is 8.90. The van der Waals surface area contributed by atoms with Gasteiger partial charge in [-0.1, -0.05) is 54.1 Å². The van der Waals surface area contributed by atoms with Gasteiger partial charge in [-0.3, -0.25) is 14.2 Å². The van der Waals surface area contributed by atoms with Gasteiger partial charge in [0.1, 0.15) is 5.82 Å². The molecule has 0 amide bonds. The Labute approximate surface area is 181 Å². The number of hydrogen-bond acceptors (Lipinski definition) is 3. The third kappa shape index (κ3) is 4.20. The Hall–Kier alpha value is -2.83. The predicted octanol–water partition coefficient (Wildman–Crippen LogP) is 4.80. The molecule has 0 atom stereocenters. The molecule has 0 spiro atoms. The lowest BCUT2D eigenvalue weighted by Gasteiger charge is -2.15. The van der Waals surface area contributed by atoms with E-state index in [0.717, 1.165) is 5.56 Å². The Bertz CT molecular complexity index is 1320. The molecule has 0 aliphatic rings. The minimum absolute atomic E-state index is 0.260. The molecule has 4 aromatic rings. The second-order valence-electron chi connectivity index (χ2n) is 6.75. The third-order valence-electron chi connectivity index (χ3n) is 4.78. The summed E-state index contributed by atoms with van der Waals surface area (Å²) in [5.74, 6) is 0.131. The summed E-state index contributed by atoms with van der Waals surface area (Å²) in [6, 6.07) is 21.1. The average molecular weight is 441 g/mol. The zero-order chi connectivity index (χ0) is 21.1. The monoisotopic (exact) mass is 440 g/mol. The van der Waals surface area contributed by atoms with E-state index in [0.29, 0.717) is 26.7 Å². The summed E-state index contributed by atoms with van der Waals surface area (Å²) in [5, 5.41) is 0.474. The predicted molar refractivity (Wildman–Crippen MR) is 120 cm³/mol. The van der Waals surface area contributed by atoms with Gasteiger partial charge < -0.3 is 4.57 Å². The minimum Gasteiger partial charge on any atom is -0.301 e. The molecule has 0 unspecified atom stereocenters. The Morgan fingerprint density at radius 1 is 0.833 bits per heavy atom. The smallest absolute Gasteiger partial charge is 0.301 e. The van der Waals surface area contributed by atoms with Crippen LogP contribution in [0.2, 0.25) is 5.02 Å². The van der Waals surface area contributed by atoms with E-state index in [2.05, 4.69) is 0 Å². The number of benzene rings is 3. The van der Waals surface area contributed by atoms with E-state index < -0.39 is 11.1 Å². The van der Waals surface area contributed by atoms with Gasteiger partial charge in [-0.05, 0) is 35.9 Å². The topological polar surface area (TPSA) is 44.0 Å². The third-order valence-corrected chi connectivity index (χ3v) is 6.05. The Balaban J connectivity index is 1.73. The van der Waals surface area contributed by atoms with Crippen LogP contribution in [0.5, 0.6) is 0 Å². The van der Waals surface area contributed by atoms with Gasteiger partial charge >= 0.3 is 11.1 Å². The summed E-state index contributed by atoms with van der Waals surface area (Å²) in [6.45, 7) is 0.550. The molecule has 4 nitrogen and oxygen atoms in total. The number of nitrogens with zero attached hydrogens (tertiary/aromatic N) is 2. The highest BCUT2D eigenvalue weighted by molar-refractivity contribution is 7.99. The van der Waals surface area contributed by atoms with Crippen LogP contribution < -0.4 is 11.1 Å². The molecule has 3 aromatic carbocycles. The highest BCUT2D eigenvalue weighted by atomic mass is 35.5. The van der Waals surface area contributed by atoms with Crippen LogP contribution in [0.3, 0.4) is 0 Å². The largest absolute Gasteiger partial charge is 0.317 e. The van der Waals surface area contributed by atoms with E-state index in [-0.39, 0.29) is 18.9 Å². The van der Waals surface area contributed by atoms with Gasteiger partial charge in [0.25, 0.3) is 0 Å². The van der Waals surface area contributed by atoms with Gasteiger partial charge in [-0.2, -0.15) is 0 Å². The molecule has 7 heteroatoms. The number of hydrogen-bond donors (Lipinski definition) is 0. The van der Waals surface area contributed by atoms with Crippen LogP contribution in [0.1, 0.15) is 5.56 Å². The molecule has 0 aliphatic carbocycles. The Kier molecular flexibility index (Phi) is 6.06. The van der Waals surface area contributed by atoms with Crippen LogP contribution in [0.15, 0.2) is 87.3 Å². The Morgan fingerprint density at radius 2 is 1.53 bits per heavy atom. The fraction of sp³-hybridized carbons (Fsp3) is 0.130. The van der Waals surface area contributed by atoms with Crippen LogP contribution in [-0.2, 0) is 13.1 Å². The van der Waals surface area contributed by atoms with E-state index in [9.17, 15) is 14.0 Å². The number of aromatic nitrogens is 2. The molecule has 1 heterocycles. The maximum absolute atomic E-state index is 13.9. The van der Waals surface area contributed by atoms with Crippen LogP contribution in [0.4, 0.5) is 4.39 Å². The number of thioether (sulfide) groups is 1. The first-order valence-electron chi connectivity index (χ1n) is 9.39. The fourth-order valence-corrected chi connectivity index (χ4v) is 4.39. The van der Waals surface area contributed by atoms with Crippen molar-refractivity contribution in [3.8, 4) is 0 Å². The maximum Gasteiger partial charge on any atom is 0.317 e. The molecule has 0 saturated carbocycles. The first-order valence-corrected chi connectivity index (χ1v) is 10.7. The van der Waals surface area contributed by atoms with Crippen LogP contribution in [0, 0.1) is 5.82 Å². The molecule has 30 heavy (non-hydrogen) atoms. The number of halogens is 2. The van der Waals surface area contributed by atoms with Crippen molar-refractivity contribution in [1.82, 2.24) is 9.13 Å². The summed E-state index contributed by atoms with van der Waals surface area (Å²) in [6.07, 6.45) is 0. The molecule has 4 rings (SSSR count). The number of fused-ring (bicyclic) bond motifs is 1. The molecule has 0 saturated heterocycles.